The molecule has 1 atom stereocenters. The van der Waals surface area contributed by atoms with Crippen molar-refractivity contribution in [2.75, 3.05) is 12.4 Å². The van der Waals surface area contributed by atoms with Gasteiger partial charge in [-0.25, -0.2) is 0 Å². The third-order valence-corrected chi connectivity index (χ3v) is 3.14. The molecule has 0 aliphatic carbocycles. The molecule has 0 saturated carbocycles. The summed E-state index contributed by atoms with van der Waals surface area (Å²) in [6, 6.07) is 10.9. The summed E-state index contributed by atoms with van der Waals surface area (Å²) in [5.74, 6) is 0.597. The van der Waals surface area contributed by atoms with Gasteiger partial charge in [0.05, 0.1) is 7.11 Å². The van der Waals surface area contributed by atoms with E-state index in [2.05, 4.69) is 5.32 Å². The minimum Gasteiger partial charge on any atom is -0.497 e. The molecule has 0 aliphatic heterocycles. The summed E-state index contributed by atoms with van der Waals surface area (Å²) < 4.78 is 44.7. The highest BCUT2D eigenvalue weighted by Crippen LogP contribution is 2.35. The summed E-state index contributed by atoms with van der Waals surface area (Å²) >= 11 is 0. The third kappa shape index (κ3) is 3.90. The standard InChI is InChI=1S/C16H16F3NO/c1-11-3-5-12(6-4-11)15(16(17,18)19)20-13-7-9-14(21-2)10-8-13/h3-10,15,20H,1-2H3/t15-/m1/s1. The van der Waals surface area contributed by atoms with Crippen LogP contribution in [0.25, 0.3) is 0 Å². The number of hydrogen-bond acceptors (Lipinski definition) is 2. The Hall–Kier alpha value is -2.17. The minimum atomic E-state index is -4.38. The molecule has 2 nitrogen and oxygen atoms in total. The number of benzene rings is 2. The molecule has 0 bridgehead atoms. The van der Waals surface area contributed by atoms with Gasteiger partial charge in [0.15, 0.2) is 0 Å². The molecule has 0 fully saturated rings. The van der Waals surface area contributed by atoms with Gasteiger partial charge in [-0.15, -0.1) is 0 Å². The Labute approximate surface area is 121 Å². The lowest BCUT2D eigenvalue weighted by Crippen LogP contribution is -2.27. The molecule has 0 unspecified atom stereocenters. The van der Waals surface area contributed by atoms with Crippen molar-refractivity contribution in [2.24, 2.45) is 0 Å². The van der Waals surface area contributed by atoms with Crippen LogP contribution < -0.4 is 10.1 Å². The van der Waals surface area contributed by atoms with E-state index in [1.54, 1.807) is 36.4 Å². The summed E-state index contributed by atoms with van der Waals surface area (Å²) in [5.41, 5.74) is 1.49. The monoisotopic (exact) mass is 295 g/mol. The van der Waals surface area contributed by atoms with Gasteiger partial charge in [-0.3, -0.25) is 0 Å². The normalized spacial score (nSPS) is 12.8. The lowest BCUT2D eigenvalue weighted by atomic mass is 10.0. The molecule has 112 valence electrons. The molecule has 2 rings (SSSR count). The Morgan fingerprint density at radius 3 is 2.00 bits per heavy atom. The van der Waals surface area contributed by atoms with E-state index in [0.717, 1.165) is 5.56 Å². The number of methoxy groups -OCH3 is 1. The number of rotatable bonds is 4. The number of ether oxygens (including phenoxy) is 1. The van der Waals surface area contributed by atoms with Gasteiger partial charge in [-0.1, -0.05) is 29.8 Å². The van der Waals surface area contributed by atoms with E-state index in [0.29, 0.717) is 11.4 Å². The fourth-order valence-corrected chi connectivity index (χ4v) is 1.97. The van der Waals surface area contributed by atoms with Crippen molar-refractivity contribution in [3.05, 3.63) is 59.7 Å². The molecular formula is C16H16F3NO. The van der Waals surface area contributed by atoms with Crippen LogP contribution >= 0.6 is 0 Å². The van der Waals surface area contributed by atoms with Crippen molar-refractivity contribution in [3.8, 4) is 5.75 Å². The Morgan fingerprint density at radius 1 is 0.952 bits per heavy atom. The largest absolute Gasteiger partial charge is 0.497 e. The molecule has 0 heterocycles. The molecular weight excluding hydrogens is 279 g/mol. The van der Waals surface area contributed by atoms with E-state index in [-0.39, 0.29) is 5.56 Å². The van der Waals surface area contributed by atoms with Gasteiger partial charge in [0, 0.05) is 5.69 Å². The Morgan fingerprint density at radius 2 is 1.52 bits per heavy atom. The molecule has 0 saturated heterocycles. The quantitative estimate of drug-likeness (QED) is 0.881. The molecule has 0 aliphatic rings. The molecule has 5 heteroatoms. The molecule has 21 heavy (non-hydrogen) atoms. The number of nitrogens with one attached hydrogen (secondary N) is 1. The van der Waals surface area contributed by atoms with Crippen molar-refractivity contribution in [3.63, 3.8) is 0 Å². The number of anilines is 1. The average molecular weight is 295 g/mol. The first-order valence-electron chi connectivity index (χ1n) is 6.44. The Bertz CT molecular complexity index is 576. The second-order valence-electron chi connectivity index (χ2n) is 4.76. The summed E-state index contributed by atoms with van der Waals surface area (Å²) in [6.07, 6.45) is -4.38. The number of alkyl halides is 3. The van der Waals surface area contributed by atoms with Gasteiger partial charge in [-0.05, 0) is 36.8 Å². The van der Waals surface area contributed by atoms with E-state index in [1.165, 1.54) is 19.2 Å². The van der Waals surface area contributed by atoms with Crippen LogP contribution in [0.2, 0.25) is 0 Å². The van der Waals surface area contributed by atoms with E-state index in [1.807, 2.05) is 6.92 Å². The van der Waals surface area contributed by atoms with E-state index in [4.69, 9.17) is 4.74 Å². The van der Waals surface area contributed by atoms with Gasteiger partial charge in [0.25, 0.3) is 0 Å². The van der Waals surface area contributed by atoms with Crippen molar-refractivity contribution in [1.29, 1.82) is 0 Å². The third-order valence-electron chi connectivity index (χ3n) is 3.14. The first-order chi connectivity index (χ1) is 9.90. The zero-order chi connectivity index (χ0) is 15.5. The number of halogens is 3. The Kier molecular flexibility index (Phi) is 4.40. The zero-order valence-electron chi connectivity index (χ0n) is 11.7. The van der Waals surface area contributed by atoms with Crippen molar-refractivity contribution in [2.45, 2.75) is 19.1 Å². The summed E-state index contributed by atoms with van der Waals surface area (Å²) in [6.45, 7) is 1.84. The van der Waals surface area contributed by atoms with Crippen molar-refractivity contribution in [1.82, 2.24) is 0 Å². The van der Waals surface area contributed by atoms with Gasteiger partial charge < -0.3 is 10.1 Å². The number of aryl methyl sites for hydroxylation is 1. The fraction of sp³-hybridized carbons (Fsp3) is 0.250. The highest BCUT2D eigenvalue weighted by Gasteiger charge is 2.40. The van der Waals surface area contributed by atoms with Crippen molar-refractivity contribution < 1.29 is 17.9 Å². The molecule has 2 aromatic rings. The van der Waals surface area contributed by atoms with Crippen LogP contribution in [-0.2, 0) is 0 Å². The van der Waals surface area contributed by atoms with Crippen LogP contribution in [-0.4, -0.2) is 13.3 Å². The second kappa shape index (κ2) is 6.08. The molecule has 0 amide bonds. The lowest BCUT2D eigenvalue weighted by molar-refractivity contribution is -0.144. The maximum Gasteiger partial charge on any atom is 0.412 e. The minimum absolute atomic E-state index is 0.184. The van der Waals surface area contributed by atoms with Gasteiger partial charge >= 0.3 is 6.18 Å². The second-order valence-corrected chi connectivity index (χ2v) is 4.76. The Balaban J connectivity index is 2.26. The van der Waals surface area contributed by atoms with E-state index < -0.39 is 12.2 Å². The average Bonchev–Trinajstić information content (AvgIpc) is 2.45. The lowest BCUT2D eigenvalue weighted by Gasteiger charge is -2.23. The van der Waals surface area contributed by atoms with Crippen LogP contribution in [0, 0.1) is 6.92 Å². The first-order valence-corrected chi connectivity index (χ1v) is 6.44. The maximum atomic E-state index is 13.3. The highest BCUT2D eigenvalue weighted by molar-refractivity contribution is 5.48. The predicted molar refractivity (Wildman–Crippen MR) is 76.6 cm³/mol. The van der Waals surface area contributed by atoms with Crippen LogP contribution in [0.1, 0.15) is 17.2 Å². The van der Waals surface area contributed by atoms with E-state index in [9.17, 15) is 13.2 Å². The number of hydrogen-bond donors (Lipinski definition) is 1. The molecule has 0 spiro atoms. The van der Waals surface area contributed by atoms with Gasteiger partial charge in [0.2, 0.25) is 0 Å². The van der Waals surface area contributed by atoms with Crippen molar-refractivity contribution >= 4 is 5.69 Å². The maximum absolute atomic E-state index is 13.3. The highest BCUT2D eigenvalue weighted by atomic mass is 19.4. The van der Waals surface area contributed by atoms with Crippen LogP contribution in [0.15, 0.2) is 48.5 Å². The SMILES string of the molecule is COc1ccc(N[C@H](c2ccc(C)cc2)C(F)(F)F)cc1. The topological polar surface area (TPSA) is 21.3 Å². The summed E-state index contributed by atoms with van der Waals surface area (Å²) in [5, 5.41) is 2.53. The first kappa shape index (κ1) is 15.2. The predicted octanol–water partition coefficient (Wildman–Crippen LogP) is 4.72. The van der Waals surface area contributed by atoms with Crippen LogP contribution in [0.3, 0.4) is 0 Å². The molecule has 0 radical (unpaired) electrons. The molecule has 2 aromatic carbocycles. The fourth-order valence-electron chi connectivity index (χ4n) is 1.97. The van der Waals surface area contributed by atoms with Crippen LogP contribution in [0.5, 0.6) is 5.75 Å². The van der Waals surface area contributed by atoms with Gasteiger partial charge in [-0.2, -0.15) is 13.2 Å². The smallest absolute Gasteiger partial charge is 0.412 e. The van der Waals surface area contributed by atoms with E-state index >= 15 is 0 Å². The van der Waals surface area contributed by atoms with Crippen LogP contribution in [0.4, 0.5) is 18.9 Å². The zero-order valence-corrected chi connectivity index (χ0v) is 11.7. The molecule has 0 aromatic heterocycles. The van der Waals surface area contributed by atoms with Gasteiger partial charge in [0.1, 0.15) is 11.8 Å². The molecule has 1 N–H and O–H groups in total. The summed E-state index contributed by atoms with van der Waals surface area (Å²) in [7, 11) is 1.51. The summed E-state index contributed by atoms with van der Waals surface area (Å²) in [4.78, 5) is 0.